The van der Waals surface area contributed by atoms with Gasteiger partial charge in [0, 0.05) is 22.4 Å². The van der Waals surface area contributed by atoms with Crippen molar-refractivity contribution < 1.29 is 19.4 Å². The molecule has 0 atom stereocenters. The minimum Gasteiger partial charge on any atom is -0.478 e. The quantitative estimate of drug-likeness (QED) is 0.510. The zero-order valence-electron chi connectivity index (χ0n) is 15.2. The molecule has 7 heteroatoms. The molecule has 0 saturated carbocycles. The Labute approximate surface area is 166 Å². The van der Waals surface area contributed by atoms with Gasteiger partial charge in [-0.05, 0) is 25.1 Å². The van der Waals surface area contributed by atoms with Gasteiger partial charge in [0.05, 0.1) is 17.9 Å². The summed E-state index contributed by atoms with van der Waals surface area (Å²) >= 11 is 1.52. The highest BCUT2D eigenvalue weighted by atomic mass is 32.2. The molecule has 3 aromatic rings. The van der Waals surface area contributed by atoms with E-state index in [9.17, 15) is 9.90 Å². The van der Waals surface area contributed by atoms with Crippen molar-refractivity contribution in [2.45, 2.75) is 24.3 Å². The van der Waals surface area contributed by atoms with E-state index in [1.807, 2.05) is 43.3 Å². The molecule has 0 saturated heterocycles. The van der Waals surface area contributed by atoms with Gasteiger partial charge in [-0.3, -0.25) is 0 Å². The molecule has 0 radical (unpaired) electrons. The maximum atomic E-state index is 11.5. The number of nitrogens with zero attached hydrogens (tertiary/aromatic N) is 2. The largest absolute Gasteiger partial charge is 0.478 e. The van der Waals surface area contributed by atoms with Gasteiger partial charge in [0.2, 0.25) is 0 Å². The fourth-order valence-electron chi connectivity index (χ4n) is 3.05. The van der Waals surface area contributed by atoms with E-state index in [2.05, 4.69) is 9.97 Å². The van der Waals surface area contributed by atoms with Crippen molar-refractivity contribution in [3.8, 4) is 17.0 Å². The lowest BCUT2D eigenvalue weighted by Crippen LogP contribution is -2.14. The summed E-state index contributed by atoms with van der Waals surface area (Å²) in [5, 5.41) is 10.2. The second-order valence-electron chi connectivity index (χ2n) is 6.33. The number of ether oxygens (including phenoxy) is 2. The highest BCUT2D eigenvalue weighted by Crippen LogP contribution is 2.34. The molecule has 1 aliphatic rings. The van der Waals surface area contributed by atoms with Crippen LogP contribution in [-0.4, -0.2) is 27.8 Å². The van der Waals surface area contributed by atoms with Gasteiger partial charge in [0.25, 0.3) is 0 Å². The molecule has 0 amide bonds. The lowest BCUT2D eigenvalue weighted by molar-refractivity contribution is -0.0169. The molecule has 0 unspecified atom stereocenters. The van der Waals surface area contributed by atoms with E-state index in [1.54, 1.807) is 12.1 Å². The predicted molar refractivity (Wildman–Crippen MR) is 105 cm³/mol. The first-order valence-corrected chi connectivity index (χ1v) is 9.72. The summed E-state index contributed by atoms with van der Waals surface area (Å²) < 4.78 is 10.9. The van der Waals surface area contributed by atoms with Gasteiger partial charge in [0.1, 0.15) is 16.6 Å². The van der Waals surface area contributed by atoms with Crippen LogP contribution in [0.4, 0.5) is 0 Å². The Hall–Kier alpha value is -2.90. The number of carbonyl (C=O) groups is 1. The fraction of sp³-hybridized carbons (Fsp3) is 0.190. The summed E-state index contributed by atoms with van der Waals surface area (Å²) in [4.78, 5) is 20.5. The molecule has 1 N–H and O–H groups in total. The number of aromatic carboxylic acids is 1. The molecule has 2 heterocycles. The zero-order valence-corrected chi connectivity index (χ0v) is 16.0. The van der Waals surface area contributed by atoms with Crippen molar-refractivity contribution in [2.24, 2.45) is 0 Å². The number of thioether (sulfide) groups is 1. The van der Waals surface area contributed by atoms with Crippen LogP contribution in [0.1, 0.15) is 27.3 Å². The van der Waals surface area contributed by atoms with Crippen molar-refractivity contribution >= 4 is 17.7 Å². The maximum Gasteiger partial charge on any atom is 0.335 e. The number of carboxylic acid groups (broad SMARTS) is 1. The zero-order chi connectivity index (χ0) is 19.5. The SMILES string of the molecule is Cc1nc(SCc2cc(C(=O)O)cc3c2OCOC3)cc(-c2ccccc2)n1. The van der Waals surface area contributed by atoms with E-state index in [4.69, 9.17) is 9.47 Å². The molecule has 0 fully saturated rings. The number of hydrogen-bond acceptors (Lipinski definition) is 6. The Kier molecular flexibility index (Phi) is 5.27. The topological polar surface area (TPSA) is 81.5 Å². The molecule has 0 bridgehead atoms. The maximum absolute atomic E-state index is 11.5. The van der Waals surface area contributed by atoms with Crippen LogP contribution < -0.4 is 4.74 Å². The van der Waals surface area contributed by atoms with E-state index < -0.39 is 5.97 Å². The monoisotopic (exact) mass is 394 g/mol. The van der Waals surface area contributed by atoms with Crippen molar-refractivity contribution in [1.29, 1.82) is 0 Å². The van der Waals surface area contributed by atoms with Crippen molar-refractivity contribution in [3.63, 3.8) is 0 Å². The second kappa shape index (κ2) is 8.00. The summed E-state index contributed by atoms with van der Waals surface area (Å²) in [7, 11) is 0. The smallest absolute Gasteiger partial charge is 0.335 e. The van der Waals surface area contributed by atoms with Crippen molar-refractivity contribution in [3.05, 3.63) is 71.0 Å². The van der Waals surface area contributed by atoms with Crippen molar-refractivity contribution in [1.82, 2.24) is 9.97 Å². The highest BCUT2D eigenvalue weighted by Gasteiger charge is 2.19. The van der Waals surface area contributed by atoms with Crippen molar-refractivity contribution in [2.75, 3.05) is 6.79 Å². The molecule has 1 aliphatic heterocycles. The predicted octanol–water partition coefficient (Wildman–Crippen LogP) is 4.31. The molecule has 1 aromatic heterocycles. The third kappa shape index (κ3) is 4.00. The average Bonchev–Trinajstić information content (AvgIpc) is 2.72. The summed E-state index contributed by atoms with van der Waals surface area (Å²) in [6.07, 6.45) is 0. The molecule has 6 nitrogen and oxygen atoms in total. The lowest BCUT2D eigenvalue weighted by atomic mass is 10.0. The number of fused-ring (bicyclic) bond motifs is 1. The van der Waals surface area contributed by atoms with Gasteiger partial charge < -0.3 is 14.6 Å². The van der Waals surface area contributed by atoms with Gasteiger partial charge in [-0.1, -0.05) is 30.3 Å². The number of hydrogen-bond donors (Lipinski definition) is 1. The number of aromatic nitrogens is 2. The normalized spacial score (nSPS) is 12.9. The van der Waals surface area contributed by atoms with E-state index in [0.29, 0.717) is 23.9 Å². The van der Waals surface area contributed by atoms with Gasteiger partial charge >= 0.3 is 5.97 Å². The Bertz CT molecular complexity index is 1020. The molecule has 4 rings (SSSR count). The van der Waals surface area contributed by atoms with Gasteiger partial charge in [0.15, 0.2) is 6.79 Å². The molecular weight excluding hydrogens is 376 g/mol. The third-order valence-electron chi connectivity index (χ3n) is 4.29. The van der Waals surface area contributed by atoms with E-state index in [0.717, 1.165) is 27.4 Å². The van der Waals surface area contributed by atoms with Gasteiger partial charge in [-0.15, -0.1) is 11.8 Å². The van der Waals surface area contributed by atoms with Crippen LogP contribution in [0, 0.1) is 6.92 Å². The minimum atomic E-state index is -0.969. The third-order valence-corrected chi connectivity index (χ3v) is 5.25. The van der Waals surface area contributed by atoms with E-state index >= 15 is 0 Å². The molecule has 142 valence electrons. The number of aryl methyl sites for hydroxylation is 1. The highest BCUT2D eigenvalue weighted by molar-refractivity contribution is 7.98. The molecule has 2 aromatic carbocycles. The van der Waals surface area contributed by atoms with E-state index in [1.165, 1.54) is 11.8 Å². The van der Waals surface area contributed by atoms with Gasteiger partial charge in [-0.2, -0.15) is 0 Å². The molecule has 28 heavy (non-hydrogen) atoms. The summed E-state index contributed by atoms with van der Waals surface area (Å²) in [6.45, 7) is 2.38. The van der Waals surface area contributed by atoms with Crippen LogP contribution in [0.3, 0.4) is 0 Å². The summed E-state index contributed by atoms with van der Waals surface area (Å²) in [6, 6.07) is 15.2. The average molecular weight is 394 g/mol. The molecule has 0 aliphatic carbocycles. The first-order valence-electron chi connectivity index (χ1n) is 8.73. The first-order chi connectivity index (χ1) is 13.6. The van der Waals surface area contributed by atoms with Crippen LogP contribution >= 0.6 is 11.8 Å². The first kappa shape index (κ1) is 18.5. The van der Waals surface area contributed by atoms with E-state index in [-0.39, 0.29) is 12.4 Å². The summed E-state index contributed by atoms with van der Waals surface area (Å²) in [5.74, 6) is 0.963. The van der Waals surface area contributed by atoms with Crippen LogP contribution in [0.2, 0.25) is 0 Å². The fourth-order valence-corrected chi connectivity index (χ4v) is 3.96. The van der Waals surface area contributed by atoms with Crippen LogP contribution in [0.5, 0.6) is 5.75 Å². The minimum absolute atomic E-state index is 0.169. The Morgan fingerprint density at radius 2 is 2.00 bits per heavy atom. The van der Waals surface area contributed by atoms with Crippen LogP contribution in [0.25, 0.3) is 11.3 Å². The second-order valence-corrected chi connectivity index (χ2v) is 7.33. The summed E-state index contributed by atoms with van der Waals surface area (Å²) in [5.41, 5.74) is 3.70. The van der Waals surface area contributed by atoms with Crippen LogP contribution in [-0.2, 0) is 17.1 Å². The molecular formula is C21H18N2O4S. The number of benzene rings is 2. The van der Waals surface area contributed by atoms with Crippen LogP contribution in [0.15, 0.2) is 53.6 Å². The standard InChI is InChI=1S/C21H18N2O4S/c1-13-22-18(14-5-3-2-4-6-14)9-19(23-13)28-11-17-8-15(21(24)25)7-16-10-26-12-27-20(16)17/h2-9H,10-12H2,1H3,(H,24,25). The Morgan fingerprint density at radius 1 is 1.18 bits per heavy atom. The number of carboxylic acids is 1. The van der Waals surface area contributed by atoms with Gasteiger partial charge in [-0.25, -0.2) is 14.8 Å². The Balaban J connectivity index is 1.62. The number of rotatable bonds is 5. The lowest BCUT2D eigenvalue weighted by Gasteiger charge is -2.21. The molecule has 0 spiro atoms. The Morgan fingerprint density at radius 3 is 2.79 bits per heavy atom.